The second-order valence-electron chi connectivity index (χ2n) is 4.54. The molecular formula is C12H18N2O2. The monoisotopic (exact) mass is 222 g/mol. The lowest BCUT2D eigenvalue weighted by atomic mass is 10.1. The van der Waals surface area contributed by atoms with Crippen LogP contribution in [0, 0.1) is 5.92 Å². The number of aromatic nitrogens is 2. The van der Waals surface area contributed by atoms with Crippen LogP contribution >= 0.6 is 0 Å². The van der Waals surface area contributed by atoms with Crippen LogP contribution in [-0.4, -0.2) is 20.9 Å². The van der Waals surface area contributed by atoms with E-state index in [1.807, 2.05) is 6.92 Å². The van der Waals surface area contributed by atoms with Gasteiger partial charge in [0.15, 0.2) is 0 Å². The van der Waals surface area contributed by atoms with E-state index in [1.165, 1.54) is 4.68 Å². The van der Waals surface area contributed by atoms with E-state index >= 15 is 0 Å². The van der Waals surface area contributed by atoms with E-state index in [2.05, 4.69) is 25.5 Å². The Hall–Kier alpha value is -1.58. The molecule has 1 aromatic heterocycles. The molecule has 16 heavy (non-hydrogen) atoms. The summed E-state index contributed by atoms with van der Waals surface area (Å²) >= 11 is 0. The second-order valence-corrected chi connectivity index (χ2v) is 4.54. The summed E-state index contributed by atoms with van der Waals surface area (Å²) < 4.78 is 1.50. The van der Waals surface area contributed by atoms with Gasteiger partial charge in [0.25, 0.3) is 0 Å². The maximum atomic E-state index is 11.0. The number of carboxylic acids is 1. The Balaban J connectivity index is 3.00. The van der Waals surface area contributed by atoms with Crippen molar-refractivity contribution in [2.24, 2.45) is 5.92 Å². The Morgan fingerprint density at radius 3 is 2.69 bits per heavy atom. The fraction of sp³-hybridized carbons (Fsp3) is 0.500. The number of hydrogen-bond acceptors (Lipinski definition) is 2. The topological polar surface area (TPSA) is 55.1 Å². The van der Waals surface area contributed by atoms with Crippen LogP contribution in [-0.2, 0) is 13.0 Å². The third-order valence-electron chi connectivity index (χ3n) is 2.09. The molecule has 0 unspecified atom stereocenters. The molecule has 88 valence electrons. The maximum Gasteiger partial charge on any atom is 0.354 e. The number of nitrogens with zero attached hydrogens (tertiary/aromatic N) is 2. The van der Waals surface area contributed by atoms with Crippen molar-refractivity contribution in [3.05, 3.63) is 29.6 Å². The van der Waals surface area contributed by atoms with E-state index in [9.17, 15) is 4.79 Å². The van der Waals surface area contributed by atoms with E-state index in [0.29, 0.717) is 12.5 Å². The van der Waals surface area contributed by atoms with E-state index in [1.54, 1.807) is 6.07 Å². The van der Waals surface area contributed by atoms with E-state index in [0.717, 1.165) is 17.7 Å². The van der Waals surface area contributed by atoms with Gasteiger partial charge in [0.05, 0.1) is 12.2 Å². The zero-order chi connectivity index (χ0) is 12.3. The molecule has 0 bridgehead atoms. The predicted molar refractivity (Wildman–Crippen MR) is 62.5 cm³/mol. The van der Waals surface area contributed by atoms with E-state index in [4.69, 9.17) is 5.11 Å². The number of carboxylic acid groups (broad SMARTS) is 1. The number of rotatable bonds is 5. The predicted octanol–water partition coefficient (Wildman–Crippen LogP) is 2.36. The van der Waals surface area contributed by atoms with E-state index in [-0.39, 0.29) is 5.69 Å². The molecule has 0 aliphatic carbocycles. The fourth-order valence-corrected chi connectivity index (χ4v) is 1.54. The van der Waals surface area contributed by atoms with E-state index < -0.39 is 5.97 Å². The van der Waals surface area contributed by atoms with Crippen molar-refractivity contribution in [2.75, 3.05) is 0 Å². The summed E-state index contributed by atoms with van der Waals surface area (Å²) in [5, 5.41) is 13.3. The van der Waals surface area contributed by atoms with Crippen molar-refractivity contribution in [1.82, 2.24) is 9.78 Å². The lowest BCUT2D eigenvalue weighted by Crippen LogP contribution is -2.10. The molecule has 1 N–H and O–H groups in total. The van der Waals surface area contributed by atoms with Crippen molar-refractivity contribution in [3.63, 3.8) is 0 Å². The van der Waals surface area contributed by atoms with Gasteiger partial charge in [-0.1, -0.05) is 26.0 Å². The highest BCUT2D eigenvalue weighted by Crippen LogP contribution is 2.11. The standard InChI is InChI=1S/C12H18N2O2/c1-8(2)5-10-6-11(12(15)16)14(13-10)7-9(3)4/h6,8H,3,5,7H2,1-2,4H3,(H,15,16). The summed E-state index contributed by atoms with van der Waals surface area (Å²) in [6.07, 6.45) is 0.795. The van der Waals surface area contributed by atoms with Crippen LogP contribution < -0.4 is 0 Å². The van der Waals surface area contributed by atoms with Gasteiger partial charge in [-0.3, -0.25) is 4.68 Å². The maximum absolute atomic E-state index is 11.0. The molecule has 0 saturated heterocycles. The summed E-state index contributed by atoms with van der Waals surface area (Å²) in [5.41, 5.74) is 1.95. The molecule has 0 aliphatic rings. The number of carbonyl (C=O) groups is 1. The van der Waals surface area contributed by atoms with Crippen molar-refractivity contribution >= 4 is 5.97 Å². The lowest BCUT2D eigenvalue weighted by Gasteiger charge is -2.03. The Bertz CT molecular complexity index is 405. The van der Waals surface area contributed by atoms with Crippen LogP contribution in [0.25, 0.3) is 0 Å². The molecule has 0 amide bonds. The Kier molecular flexibility index (Phi) is 3.88. The van der Waals surface area contributed by atoms with Crippen LogP contribution in [0.3, 0.4) is 0 Å². The zero-order valence-corrected chi connectivity index (χ0v) is 10.0. The molecule has 0 saturated carbocycles. The van der Waals surface area contributed by atoms with Gasteiger partial charge in [-0.15, -0.1) is 0 Å². The van der Waals surface area contributed by atoms with Gasteiger partial charge >= 0.3 is 5.97 Å². The number of hydrogen-bond donors (Lipinski definition) is 1. The minimum absolute atomic E-state index is 0.235. The van der Waals surface area contributed by atoms with Crippen LogP contribution in [0.2, 0.25) is 0 Å². The molecule has 0 radical (unpaired) electrons. The number of aromatic carboxylic acids is 1. The minimum atomic E-state index is -0.941. The fourth-order valence-electron chi connectivity index (χ4n) is 1.54. The first-order chi connectivity index (χ1) is 7.40. The normalized spacial score (nSPS) is 10.8. The van der Waals surface area contributed by atoms with Gasteiger partial charge in [-0.2, -0.15) is 5.10 Å². The van der Waals surface area contributed by atoms with Crippen LogP contribution in [0.1, 0.15) is 37.0 Å². The van der Waals surface area contributed by atoms with Crippen molar-refractivity contribution in [2.45, 2.75) is 33.7 Å². The van der Waals surface area contributed by atoms with Crippen molar-refractivity contribution in [1.29, 1.82) is 0 Å². The molecule has 4 heteroatoms. The molecule has 1 aromatic rings. The van der Waals surface area contributed by atoms with Gasteiger partial charge in [-0.05, 0) is 25.3 Å². The highest BCUT2D eigenvalue weighted by atomic mass is 16.4. The molecule has 1 rings (SSSR count). The zero-order valence-electron chi connectivity index (χ0n) is 10.0. The van der Waals surface area contributed by atoms with Crippen LogP contribution in [0.4, 0.5) is 0 Å². The third kappa shape index (κ3) is 3.22. The number of allylic oxidation sites excluding steroid dienone is 1. The average Bonchev–Trinajstić information content (AvgIpc) is 2.45. The average molecular weight is 222 g/mol. The van der Waals surface area contributed by atoms with Gasteiger partial charge in [0.1, 0.15) is 5.69 Å². The molecule has 4 nitrogen and oxygen atoms in total. The van der Waals surface area contributed by atoms with Crippen LogP contribution in [0.15, 0.2) is 18.2 Å². The Morgan fingerprint density at radius 2 is 2.25 bits per heavy atom. The largest absolute Gasteiger partial charge is 0.477 e. The molecule has 0 fully saturated rings. The highest BCUT2D eigenvalue weighted by Gasteiger charge is 2.14. The molecular weight excluding hydrogens is 204 g/mol. The molecule has 0 aromatic carbocycles. The first-order valence-electron chi connectivity index (χ1n) is 5.34. The first kappa shape index (κ1) is 12.5. The van der Waals surface area contributed by atoms with Gasteiger partial charge < -0.3 is 5.11 Å². The Labute approximate surface area is 95.6 Å². The smallest absolute Gasteiger partial charge is 0.354 e. The Morgan fingerprint density at radius 1 is 1.62 bits per heavy atom. The SMILES string of the molecule is C=C(C)Cn1nc(CC(C)C)cc1C(=O)O. The minimum Gasteiger partial charge on any atom is -0.477 e. The summed E-state index contributed by atoms with van der Waals surface area (Å²) in [6, 6.07) is 1.64. The molecule has 0 atom stereocenters. The summed E-state index contributed by atoms with van der Waals surface area (Å²) in [6.45, 7) is 10.2. The van der Waals surface area contributed by atoms with Crippen LogP contribution in [0.5, 0.6) is 0 Å². The highest BCUT2D eigenvalue weighted by molar-refractivity contribution is 5.85. The summed E-state index contributed by atoms with van der Waals surface area (Å²) in [4.78, 5) is 11.0. The summed E-state index contributed by atoms with van der Waals surface area (Å²) in [5.74, 6) is -0.474. The summed E-state index contributed by atoms with van der Waals surface area (Å²) in [7, 11) is 0. The van der Waals surface area contributed by atoms with Gasteiger partial charge in [0, 0.05) is 0 Å². The third-order valence-corrected chi connectivity index (χ3v) is 2.09. The van der Waals surface area contributed by atoms with Crippen molar-refractivity contribution < 1.29 is 9.90 Å². The molecule has 0 spiro atoms. The van der Waals surface area contributed by atoms with Crippen molar-refractivity contribution in [3.8, 4) is 0 Å². The molecule has 1 heterocycles. The van der Waals surface area contributed by atoms with Gasteiger partial charge in [-0.25, -0.2) is 4.79 Å². The first-order valence-corrected chi connectivity index (χ1v) is 5.34. The lowest BCUT2D eigenvalue weighted by molar-refractivity contribution is 0.0684. The van der Waals surface area contributed by atoms with Gasteiger partial charge in [0.2, 0.25) is 0 Å². The quantitative estimate of drug-likeness (QED) is 0.778. The molecule has 0 aliphatic heterocycles. The second kappa shape index (κ2) is 4.96.